The van der Waals surface area contributed by atoms with Crippen molar-refractivity contribution in [3.8, 4) is 0 Å². The molecule has 1 aromatic heterocycles. The Kier molecular flexibility index (Phi) is 4.27. The van der Waals surface area contributed by atoms with Gasteiger partial charge in [-0.15, -0.1) is 0 Å². The molecule has 0 saturated carbocycles. The van der Waals surface area contributed by atoms with Crippen LogP contribution in [0.2, 0.25) is 0 Å². The summed E-state index contributed by atoms with van der Waals surface area (Å²) in [6.07, 6.45) is 0. The fraction of sp³-hybridized carbons (Fsp3) is 0.353. The van der Waals surface area contributed by atoms with E-state index in [0.717, 1.165) is 11.3 Å². The van der Waals surface area contributed by atoms with Crippen molar-refractivity contribution in [1.82, 2.24) is 9.78 Å². The third kappa shape index (κ3) is 3.41. The number of hydrogen-bond acceptors (Lipinski definition) is 3. The third-order valence-corrected chi connectivity index (χ3v) is 3.65. The van der Waals surface area contributed by atoms with Crippen LogP contribution >= 0.6 is 0 Å². The molecule has 2 aromatic rings. The number of carbonyl (C=O) groups is 2. The average molecular weight is 314 g/mol. The first-order valence-electron chi connectivity index (χ1n) is 7.36. The second-order valence-electron chi connectivity index (χ2n) is 6.60. The number of rotatable bonds is 3. The van der Waals surface area contributed by atoms with Gasteiger partial charge in [0.15, 0.2) is 0 Å². The van der Waals surface area contributed by atoms with Gasteiger partial charge >= 0.3 is 0 Å². The second-order valence-corrected chi connectivity index (χ2v) is 6.60. The summed E-state index contributed by atoms with van der Waals surface area (Å²) < 4.78 is 1.54. The van der Waals surface area contributed by atoms with E-state index in [1.807, 2.05) is 20.8 Å². The first-order valence-corrected chi connectivity index (χ1v) is 7.36. The maximum atomic E-state index is 12.5. The molecule has 2 amide bonds. The smallest absolute Gasteiger partial charge is 0.273 e. The molecule has 0 aliphatic rings. The van der Waals surface area contributed by atoms with Gasteiger partial charge in [0, 0.05) is 12.5 Å². The second kappa shape index (κ2) is 5.87. The Morgan fingerprint density at radius 1 is 1.26 bits per heavy atom. The molecule has 0 fully saturated rings. The molecule has 0 bridgehead atoms. The standard InChI is InChI=1S/C17H22N4O2/c1-10-7-6-8-11(14(10)15(18)22)19-16(23)12-9-13(17(2,3)4)20-21(12)5/h6-9H,1-5H3,(H2,18,22)(H,19,23). The zero-order chi connectivity index (χ0) is 17.4. The van der Waals surface area contributed by atoms with Crippen molar-refractivity contribution in [3.05, 3.63) is 46.8 Å². The molecule has 6 heteroatoms. The minimum atomic E-state index is -0.571. The van der Waals surface area contributed by atoms with Crippen molar-refractivity contribution in [3.63, 3.8) is 0 Å². The summed E-state index contributed by atoms with van der Waals surface area (Å²) in [5, 5.41) is 7.14. The number of aromatic nitrogens is 2. The largest absolute Gasteiger partial charge is 0.366 e. The van der Waals surface area contributed by atoms with Crippen molar-refractivity contribution < 1.29 is 9.59 Å². The highest BCUT2D eigenvalue weighted by molar-refractivity contribution is 6.08. The number of amides is 2. The molecule has 1 aromatic carbocycles. The predicted molar refractivity (Wildman–Crippen MR) is 89.6 cm³/mol. The van der Waals surface area contributed by atoms with Crippen molar-refractivity contribution >= 4 is 17.5 Å². The number of carbonyl (C=O) groups excluding carboxylic acids is 2. The van der Waals surface area contributed by atoms with Gasteiger partial charge in [0.05, 0.1) is 16.9 Å². The quantitative estimate of drug-likeness (QED) is 0.911. The van der Waals surface area contributed by atoms with Gasteiger partial charge in [0.1, 0.15) is 5.69 Å². The molecule has 0 atom stereocenters. The fourth-order valence-corrected chi connectivity index (χ4v) is 2.33. The lowest BCUT2D eigenvalue weighted by Crippen LogP contribution is -2.21. The van der Waals surface area contributed by atoms with Crippen molar-refractivity contribution in [2.75, 3.05) is 5.32 Å². The number of nitrogens with two attached hydrogens (primary N) is 1. The molecule has 23 heavy (non-hydrogen) atoms. The first-order chi connectivity index (χ1) is 10.6. The molecule has 6 nitrogen and oxygen atoms in total. The Morgan fingerprint density at radius 3 is 2.43 bits per heavy atom. The van der Waals surface area contributed by atoms with E-state index in [2.05, 4.69) is 10.4 Å². The zero-order valence-electron chi connectivity index (χ0n) is 14.1. The molecule has 3 N–H and O–H groups in total. The van der Waals surface area contributed by atoms with Crippen LogP contribution in [0.15, 0.2) is 24.3 Å². The van der Waals surface area contributed by atoms with Gasteiger partial charge in [-0.2, -0.15) is 5.10 Å². The normalized spacial score (nSPS) is 11.3. The summed E-state index contributed by atoms with van der Waals surface area (Å²) in [4.78, 5) is 24.2. The van der Waals surface area contributed by atoms with E-state index in [1.165, 1.54) is 4.68 Å². The molecule has 0 radical (unpaired) electrons. The van der Waals surface area contributed by atoms with Crippen LogP contribution < -0.4 is 11.1 Å². The van der Waals surface area contributed by atoms with Crippen LogP contribution in [0.5, 0.6) is 0 Å². The van der Waals surface area contributed by atoms with E-state index < -0.39 is 5.91 Å². The summed E-state index contributed by atoms with van der Waals surface area (Å²) in [6, 6.07) is 6.96. The maximum Gasteiger partial charge on any atom is 0.273 e. The minimum Gasteiger partial charge on any atom is -0.366 e. The Labute approximate surface area is 135 Å². The molecule has 122 valence electrons. The fourth-order valence-electron chi connectivity index (χ4n) is 2.33. The molecule has 1 heterocycles. The van der Waals surface area contributed by atoms with Crippen molar-refractivity contribution in [2.45, 2.75) is 33.1 Å². The highest BCUT2D eigenvalue weighted by atomic mass is 16.2. The van der Waals surface area contributed by atoms with Gasteiger partial charge in [0.25, 0.3) is 11.8 Å². The Bertz CT molecular complexity index is 769. The third-order valence-electron chi connectivity index (χ3n) is 3.65. The number of primary amides is 1. The molecule has 0 spiro atoms. The van der Waals surface area contributed by atoms with E-state index in [-0.39, 0.29) is 11.3 Å². The van der Waals surface area contributed by atoms with Gasteiger partial charge < -0.3 is 11.1 Å². The van der Waals surface area contributed by atoms with Crippen LogP contribution in [0.1, 0.15) is 52.9 Å². The van der Waals surface area contributed by atoms with Crippen LogP contribution in [0.4, 0.5) is 5.69 Å². The van der Waals surface area contributed by atoms with Crippen LogP contribution in [-0.2, 0) is 12.5 Å². The number of nitrogens with one attached hydrogen (secondary N) is 1. The van der Waals surface area contributed by atoms with Crippen LogP contribution in [0, 0.1) is 6.92 Å². The highest BCUT2D eigenvalue weighted by Gasteiger charge is 2.22. The van der Waals surface area contributed by atoms with E-state index >= 15 is 0 Å². The zero-order valence-corrected chi connectivity index (χ0v) is 14.1. The molecule has 0 unspecified atom stereocenters. The molecular weight excluding hydrogens is 292 g/mol. The van der Waals surface area contributed by atoms with Crippen LogP contribution in [-0.4, -0.2) is 21.6 Å². The first kappa shape index (κ1) is 16.7. The predicted octanol–water partition coefficient (Wildman–Crippen LogP) is 2.38. The van der Waals surface area contributed by atoms with Crippen LogP contribution in [0.25, 0.3) is 0 Å². The van der Waals surface area contributed by atoms with E-state index in [9.17, 15) is 9.59 Å². The molecule has 2 rings (SSSR count). The van der Waals surface area contributed by atoms with Gasteiger partial charge in [-0.25, -0.2) is 0 Å². The number of nitrogens with zero attached hydrogens (tertiary/aromatic N) is 2. The summed E-state index contributed by atoms with van der Waals surface area (Å²) >= 11 is 0. The number of anilines is 1. The summed E-state index contributed by atoms with van der Waals surface area (Å²) in [5.41, 5.74) is 7.95. The summed E-state index contributed by atoms with van der Waals surface area (Å²) in [5.74, 6) is -0.901. The lowest BCUT2D eigenvalue weighted by atomic mass is 9.92. The van der Waals surface area contributed by atoms with Crippen molar-refractivity contribution in [1.29, 1.82) is 0 Å². The average Bonchev–Trinajstić information content (AvgIpc) is 2.80. The molecule has 0 saturated heterocycles. The van der Waals surface area contributed by atoms with Gasteiger partial charge in [-0.1, -0.05) is 32.9 Å². The van der Waals surface area contributed by atoms with Crippen LogP contribution in [0.3, 0.4) is 0 Å². The molecule has 0 aliphatic carbocycles. The highest BCUT2D eigenvalue weighted by Crippen LogP contribution is 2.23. The van der Waals surface area contributed by atoms with E-state index in [4.69, 9.17) is 5.73 Å². The summed E-state index contributed by atoms with van der Waals surface area (Å²) in [7, 11) is 1.72. The van der Waals surface area contributed by atoms with Gasteiger partial charge in [-0.05, 0) is 24.6 Å². The van der Waals surface area contributed by atoms with Gasteiger partial charge in [-0.3, -0.25) is 14.3 Å². The van der Waals surface area contributed by atoms with E-state index in [1.54, 1.807) is 38.2 Å². The Morgan fingerprint density at radius 2 is 1.91 bits per heavy atom. The number of aryl methyl sites for hydroxylation is 2. The Hall–Kier alpha value is -2.63. The lowest BCUT2D eigenvalue weighted by Gasteiger charge is -2.13. The SMILES string of the molecule is Cc1cccc(NC(=O)c2cc(C(C)(C)C)nn2C)c1C(N)=O. The topological polar surface area (TPSA) is 90.0 Å². The lowest BCUT2D eigenvalue weighted by molar-refractivity contribution is 0.100. The number of hydrogen-bond donors (Lipinski definition) is 2. The van der Waals surface area contributed by atoms with E-state index in [0.29, 0.717) is 16.9 Å². The Balaban J connectivity index is 2.36. The summed E-state index contributed by atoms with van der Waals surface area (Å²) in [6.45, 7) is 7.87. The monoisotopic (exact) mass is 314 g/mol. The minimum absolute atomic E-state index is 0.155. The van der Waals surface area contributed by atoms with Gasteiger partial charge in [0.2, 0.25) is 0 Å². The maximum absolute atomic E-state index is 12.5. The molecule has 0 aliphatic heterocycles. The van der Waals surface area contributed by atoms with Crippen molar-refractivity contribution in [2.24, 2.45) is 12.8 Å². The molecular formula is C17H22N4O2. The number of benzene rings is 1.